The summed E-state index contributed by atoms with van der Waals surface area (Å²) in [5, 5.41) is 0. The number of carbonyl (C=O) groups excluding carboxylic acids is 2. The molecule has 27 heavy (non-hydrogen) atoms. The summed E-state index contributed by atoms with van der Waals surface area (Å²) in [4.78, 5) is 31.8. The van der Waals surface area contributed by atoms with Crippen molar-refractivity contribution in [1.29, 1.82) is 0 Å². The molecule has 2 aromatic rings. The zero-order chi connectivity index (χ0) is 19.6. The molecule has 1 aliphatic heterocycles. The number of piperazine rings is 1. The van der Waals surface area contributed by atoms with Gasteiger partial charge in [0.25, 0.3) is 11.8 Å². The fraction of sp³-hybridized carbons (Fsp3) is 0.400. The van der Waals surface area contributed by atoms with E-state index in [1.165, 1.54) is 12.1 Å². The minimum absolute atomic E-state index is 0.0314. The van der Waals surface area contributed by atoms with Crippen LogP contribution in [0.25, 0.3) is 0 Å². The van der Waals surface area contributed by atoms with E-state index in [4.69, 9.17) is 4.74 Å². The number of aryl methyl sites for hydroxylation is 2. The summed E-state index contributed by atoms with van der Waals surface area (Å²) in [7, 11) is 0. The van der Waals surface area contributed by atoms with Gasteiger partial charge in [0.1, 0.15) is 0 Å². The van der Waals surface area contributed by atoms with E-state index in [0.29, 0.717) is 38.3 Å². The molecule has 0 unspecified atom stereocenters. The van der Waals surface area contributed by atoms with E-state index in [1.807, 2.05) is 19.9 Å². The van der Waals surface area contributed by atoms with Gasteiger partial charge in [0.2, 0.25) is 0 Å². The van der Waals surface area contributed by atoms with Crippen molar-refractivity contribution in [1.82, 2.24) is 14.8 Å². The summed E-state index contributed by atoms with van der Waals surface area (Å²) in [6.45, 7) is 7.66. The van der Waals surface area contributed by atoms with Crippen LogP contribution < -0.4 is 4.74 Å². The zero-order valence-electron chi connectivity index (χ0n) is 15.8. The van der Waals surface area contributed by atoms with Gasteiger partial charge in [-0.3, -0.25) is 9.59 Å². The van der Waals surface area contributed by atoms with Gasteiger partial charge in [-0.05, 0) is 45.0 Å². The number of halogens is 1. The van der Waals surface area contributed by atoms with Gasteiger partial charge in [-0.25, -0.2) is 4.39 Å². The van der Waals surface area contributed by atoms with E-state index >= 15 is 0 Å². The van der Waals surface area contributed by atoms with Crippen LogP contribution in [0.2, 0.25) is 0 Å². The van der Waals surface area contributed by atoms with Crippen LogP contribution in [0.3, 0.4) is 0 Å². The van der Waals surface area contributed by atoms with Crippen LogP contribution in [0.5, 0.6) is 5.75 Å². The second-order valence-corrected chi connectivity index (χ2v) is 6.65. The number of aromatic amines is 1. The maximum absolute atomic E-state index is 14.0. The number of ether oxygens (including phenoxy) is 1. The average molecular weight is 373 g/mol. The van der Waals surface area contributed by atoms with Crippen molar-refractivity contribution in [2.24, 2.45) is 0 Å². The highest BCUT2D eigenvalue weighted by atomic mass is 19.1. The fourth-order valence-electron chi connectivity index (χ4n) is 3.32. The third kappa shape index (κ3) is 3.97. The molecule has 7 heteroatoms. The number of hydrogen-bond acceptors (Lipinski definition) is 3. The monoisotopic (exact) mass is 373 g/mol. The standard InChI is InChI=1S/C20H24FN3O3/c1-4-27-18-6-5-15(12-17(18)21)19(25)23-7-9-24(10-8-23)20(26)16-11-13(2)22-14(16)3/h5-6,11-12,22H,4,7-10H2,1-3H3. The van der Waals surface area contributed by atoms with Crippen LogP contribution in [-0.4, -0.2) is 59.4 Å². The lowest BCUT2D eigenvalue weighted by Crippen LogP contribution is -2.50. The first-order valence-electron chi connectivity index (χ1n) is 9.07. The van der Waals surface area contributed by atoms with Crippen LogP contribution in [0.4, 0.5) is 4.39 Å². The molecule has 6 nitrogen and oxygen atoms in total. The third-order valence-corrected chi connectivity index (χ3v) is 4.71. The van der Waals surface area contributed by atoms with E-state index in [1.54, 1.807) is 22.8 Å². The van der Waals surface area contributed by atoms with Gasteiger partial charge in [0, 0.05) is 43.1 Å². The maximum Gasteiger partial charge on any atom is 0.255 e. The number of amides is 2. The van der Waals surface area contributed by atoms with E-state index in [-0.39, 0.29) is 23.1 Å². The third-order valence-electron chi connectivity index (χ3n) is 4.71. The number of nitrogens with one attached hydrogen (secondary N) is 1. The lowest BCUT2D eigenvalue weighted by atomic mass is 10.1. The highest BCUT2D eigenvalue weighted by Crippen LogP contribution is 2.20. The maximum atomic E-state index is 14.0. The Bertz CT molecular complexity index is 854. The molecule has 2 heterocycles. The van der Waals surface area contributed by atoms with Gasteiger partial charge in [-0.1, -0.05) is 0 Å². The van der Waals surface area contributed by atoms with Crippen molar-refractivity contribution >= 4 is 11.8 Å². The Morgan fingerprint density at radius 3 is 2.22 bits per heavy atom. The zero-order valence-corrected chi connectivity index (χ0v) is 15.8. The normalized spacial score (nSPS) is 14.4. The molecule has 1 aromatic heterocycles. The van der Waals surface area contributed by atoms with Gasteiger partial charge in [-0.2, -0.15) is 0 Å². The molecule has 144 valence electrons. The van der Waals surface area contributed by atoms with Gasteiger partial charge in [0.05, 0.1) is 12.2 Å². The van der Waals surface area contributed by atoms with Crippen LogP contribution in [0, 0.1) is 19.7 Å². The van der Waals surface area contributed by atoms with Crippen molar-refractivity contribution in [3.05, 3.63) is 52.6 Å². The summed E-state index contributed by atoms with van der Waals surface area (Å²) in [5.74, 6) is -0.676. The minimum atomic E-state index is -0.546. The highest BCUT2D eigenvalue weighted by molar-refractivity contribution is 5.96. The Labute approximate surface area is 157 Å². The minimum Gasteiger partial charge on any atom is -0.491 e. The summed E-state index contributed by atoms with van der Waals surface area (Å²) < 4.78 is 19.2. The lowest BCUT2D eigenvalue weighted by Gasteiger charge is -2.34. The number of benzene rings is 1. The van der Waals surface area contributed by atoms with Crippen LogP contribution >= 0.6 is 0 Å². The molecule has 1 aliphatic rings. The average Bonchev–Trinajstić information content (AvgIpc) is 3.00. The first-order chi connectivity index (χ1) is 12.9. The van der Waals surface area contributed by atoms with Crippen molar-refractivity contribution < 1.29 is 18.7 Å². The van der Waals surface area contributed by atoms with Gasteiger partial charge >= 0.3 is 0 Å². The summed E-state index contributed by atoms with van der Waals surface area (Å²) in [5.41, 5.74) is 2.75. The highest BCUT2D eigenvalue weighted by Gasteiger charge is 2.27. The summed E-state index contributed by atoms with van der Waals surface area (Å²) in [6.07, 6.45) is 0. The molecule has 0 radical (unpaired) electrons. The number of hydrogen-bond donors (Lipinski definition) is 1. The Kier molecular flexibility index (Phi) is 5.48. The lowest BCUT2D eigenvalue weighted by molar-refractivity contribution is 0.0535. The van der Waals surface area contributed by atoms with E-state index in [9.17, 15) is 14.0 Å². The van der Waals surface area contributed by atoms with Gasteiger partial charge in [0.15, 0.2) is 11.6 Å². The largest absolute Gasteiger partial charge is 0.491 e. The van der Waals surface area contributed by atoms with E-state index in [0.717, 1.165) is 11.4 Å². The Hall–Kier alpha value is -2.83. The summed E-state index contributed by atoms with van der Waals surface area (Å²) in [6, 6.07) is 6.09. The topological polar surface area (TPSA) is 65.6 Å². The molecule has 3 rings (SSSR count). The smallest absolute Gasteiger partial charge is 0.255 e. The summed E-state index contributed by atoms with van der Waals surface area (Å²) >= 11 is 0. The quantitative estimate of drug-likeness (QED) is 0.896. The molecular formula is C20H24FN3O3. The molecule has 1 saturated heterocycles. The molecule has 1 fully saturated rings. The number of rotatable bonds is 4. The van der Waals surface area contributed by atoms with E-state index < -0.39 is 5.82 Å². The number of nitrogens with zero attached hydrogens (tertiary/aromatic N) is 2. The molecule has 0 bridgehead atoms. The number of H-pyrrole nitrogens is 1. The molecule has 2 amide bonds. The molecule has 1 aromatic carbocycles. The van der Waals surface area contributed by atoms with Crippen LogP contribution in [0.1, 0.15) is 39.0 Å². The fourth-order valence-corrected chi connectivity index (χ4v) is 3.32. The molecule has 0 spiro atoms. The molecular weight excluding hydrogens is 349 g/mol. The van der Waals surface area contributed by atoms with Crippen molar-refractivity contribution in [3.8, 4) is 5.75 Å². The number of carbonyl (C=O) groups is 2. The second-order valence-electron chi connectivity index (χ2n) is 6.65. The van der Waals surface area contributed by atoms with E-state index in [2.05, 4.69) is 4.98 Å². The molecule has 0 saturated carbocycles. The van der Waals surface area contributed by atoms with Gasteiger partial charge in [-0.15, -0.1) is 0 Å². The molecule has 1 N–H and O–H groups in total. The molecule has 0 atom stereocenters. The van der Waals surface area contributed by atoms with Crippen molar-refractivity contribution in [2.45, 2.75) is 20.8 Å². The van der Waals surface area contributed by atoms with Crippen LogP contribution in [-0.2, 0) is 0 Å². The van der Waals surface area contributed by atoms with Crippen molar-refractivity contribution in [2.75, 3.05) is 32.8 Å². The van der Waals surface area contributed by atoms with Gasteiger partial charge < -0.3 is 19.5 Å². The predicted molar refractivity (Wildman–Crippen MR) is 99.6 cm³/mol. The second kappa shape index (κ2) is 7.82. The number of aromatic nitrogens is 1. The molecule has 0 aliphatic carbocycles. The Morgan fingerprint density at radius 2 is 1.70 bits per heavy atom. The first kappa shape index (κ1) is 18.9. The van der Waals surface area contributed by atoms with Crippen molar-refractivity contribution in [3.63, 3.8) is 0 Å². The Balaban J connectivity index is 1.63. The predicted octanol–water partition coefficient (Wildman–Crippen LogP) is 2.77. The van der Waals surface area contributed by atoms with Crippen LogP contribution in [0.15, 0.2) is 24.3 Å². The first-order valence-corrected chi connectivity index (χ1v) is 9.07. The SMILES string of the molecule is CCOc1ccc(C(=O)N2CCN(C(=O)c3cc(C)[nH]c3C)CC2)cc1F. The Morgan fingerprint density at radius 1 is 1.07 bits per heavy atom.